The SMILES string of the molecule is [c]1sc2ccccc2c1N1CN2C=CC=CC2=N1. The topological polar surface area (TPSA) is 18.8 Å². The first-order valence-electron chi connectivity index (χ1n) is 5.79. The Hall–Kier alpha value is -2.07. The molecule has 4 heteroatoms. The fraction of sp³-hybridized carbons (Fsp3) is 0.0714. The summed E-state index contributed by atoms with van der Waals surface area (Å²) in [6.07, 6.45) is 8.11. The van der Waals surface area contributed by atoms with Gasteiger partial charge in [0.2, 0.25) is 0 Å². The van der Waals surface area contributed by atoms with Crippen molar-refractivity contribution in [2.75, 3.05) is 11.7 Å². The predicted octanol–water partition coefficient (Wildman–Crippen LogP) is 3.18. The molecule has 0 atom stereocenters. The zero-order valence-corrected chi connectivity index (χ0v) is 10.4. The maximum Gasteiger partial charge on any atom is 0.154 e. The molecule has 0 amide bonds. The molecule has 2 aliphatic rings. The van der Waals surface area contributed by atoms with Crippen molar-refractivity contribution in [2.24, 2.45) is 5.10 Å². The minimum atomic E-state index is 0.757. The van der Waals surface area contributed by atoms with E-state index in [0.29, 0.717) is 0 Å². The Kier molecular flexibility index (Phi) is 2.04. The van der Waals surface area contributed by atoms with Crippen LogP contribution in [0.1, 0.15) is 0 Å². The molecule has 0 aliphatic carbocycles. The second-order valence-corrected chi connectivity index (χ2v) is 5.07. The second-order valence-electron chi connectivity index (χ2n) is 4.22. The first kappa shape index (κ1) is 9.91. The third-order valence-electron chi connectivity index (χ3n) is 3.08. The maximum atomic E-state index is 4.62. The lowest BCUT2D eigenvalue weighted by Crippen LogP contribution is -2.25. The average Bonchev–Trinajstić information content (AvgIpc) is 3.02. The molecule has 4 rings (SSSR count). The van der Waals surface area contributed by atoms with Crippen LogP contribution in [-0.4, -0.2) is 17.4 Å². The molecule has 0 saturated heterocycles. The standard InChI is InChI=1S/C14H10N3S/c1-2-6-13-11(5-1)12(9-18-13)17-10-16-8-4-3-7-14(16)15-17/h1-8H,10H2. The van der Waals surface area contributed by atoms with E-state index in [2.05, 4.69) is 39.6 Å². The monoisotopic (exact) mass is 252 g/mol. The van der Waals surface area contributed by atoms with Crippen LogP contribution in [0.3, 0.4) is 0 Å². The highest BCUT2D eigenvalue weighted by Gasteiger charge is 2.23. The molecule has 0 spiro atoms. The molecule has 87 valence electrons. The summed E-state index contributed by atoms with van der Waals surface area (Å²) >= 11 is 1.64. The number of hydrogen-bond acceptors (Lipinski definition) is 4. The van der Waals surface area contributed by atoms with Crippen molar-refractivity contribution in [1.82, 2.24) is 4.90 Å². The number of hydrazone groups is 1. The largest absolute Gasteiger partial charge is 0.311 e. The third kappa shape index (κ3) is 1.39. The van der Waals surface area contributed by atoms with Gasteiger partial charge in [0.1, 0.15) is 6.67 Å². The van der Waals surface area contributed by atoms with Gasteiger partial charge in [-0.15, -0.1) is 11.3 Å². The van der Waals surface area contributed by atoms with Gasteiger partial charge in [0.25, 0.3) is 0 Å². The highest BCUT2D eigenvalue weighted by molar-refractivity contribution is 7.17. The molecular weight excluding hydrogens is 242 g/mol. The molecule has 1 aromatic heterocycles. The Morgan fingerprint density at radius 3 is 3.11 bits per heavy atom. The third-order valence-corrected chi connectivity index (χ3v) is 3.96. The Labute approximate surface area is 109 Å². The smallest absolute Gasteiger partial charge is 0.154 e. The maximum absolute atomic E-state index is 4.62. The van der Waals surface area contributed by atoms with Crippen LogP contribution in [0.5, 0.6) is 0 Å². The van der Waals surface area contributed by atoms with E-state index < -0.39 is 0 Å². The summed E-state index contributed by atoms with van der Waals surface area (Å²) in [5.41, 5.74) is 1.07. The number of amidine groups is 1. The van der Waals surface area contributed by atoms with Crippen LogP contribution in [0.2, 0.25) is 0 Å². The number of anilines is 1. The van der Waals surface area contributed by atoms with Crippen molar-refractivity contribution >= 4 is 32.9 Å². The van der Waals surface area contributed by atoms with E-state index in [1.807, 2.05) is 29.4 Å². The second kappa shape index (κ2) is 3.71. The number of thiophene rings is 1. The summed E-state index contributed by atoms with van der Waals surface area (Å²) in [7, 11) is 0. The van der Waals surface area contributed by atoms with E-state index in [9.17, 15) is 0 Å². The number of hydrogen-bond donors (Lipinski definition) is 0. The van der Waals surface area contributed by atoms with E-state index in [4.69, 9.17) is 0 Å². The molecule has 3 nitrogen and oxygen atoms in total. The van der Waals surface area contributed by atoms with Crippen molar-refractivity contribution in [3.63, 3.8) is 0 Å². The van der Waals surface area contributed by atoms with E-state index in [1.165, 1.54) is 10.1 Å². The molecule has 0 saturated carbocycles. The molecule has 0 N–H and O–H groups in total. The van der Waals surface area contributed by atoms with Crippen LogP contribution in [0.25, 0.3) is 10.1 Å². The van der Waals surface area contributed by atoms with Crippen LogP contribution >= 0.6 is 11.3 Å². The minimum absolute atomic E-state index is 0.757. The Morgan fingerprint density at radius 2 is 2.17 bits per heavy atom. The lowest BCUT2D eigenvalue weighted by atomic mass is 10.2. The minimum Gasteiger partial charge on any atom is -0.311 e. The van der Waals surface area contributed by atoms with Gasteiger partial charge in [0, 0.05) is 16.3 Å². The number of nitrogens with zero attached hydrogens (tertiary/aromatic N) is 3. The molecule has 18 heavy (non-hydrogen) atoms. The quantitative estimate of drug-likeness (QED) is 0.776. The molecule has 0 unspecified atom stereocenters. The molecule has 0 bridgehead atoms. The van der Waals surface area contributed by atoms with Crippen LogP contribution in [0.4, 0.5) is 5.69 Å². The molecule has 2 aromatic rings. The Balaban J connectivity index is 1.79. The van der Waals surface area contributed by atoms with Gasteiger partial charge in [0.05, 0.1) is 11.1 Å². The van der Waals surface area contributed by atoms with Crippen molar-refractivity contribution < 1.29 is 0 Å². The normalized spacial score (nSPS) is 17.4. The number of rotatable bonds is 1. The van der Waals surface area contributed by atoms with Crippen molar-refractivity contribution in [3.05, 3.63) is 54.1 Å². The first-order chi connectivity index (χ1) is 8.92. The summed E-state index contributed by atoms with van der Waals surface area (Å²) in [6, 6.07) is 8.36. The van der Waals surface area contributed by atoms with E-state index in [0.717, 1.165) is 18.2 Å². The summed E-state index contributed by atoms with van der Waals surface area (Å²) in [5, 5.41) is 11.2. The van der Waals surface area contributed by atoms with Gasteiger partial charge >= 0.3 is 0 Å². The zero-order chi connectivity index (χ0) is 11.9. The zero-order valence-electron chi connectivity index (χ0n) is 9.58. The molecule has 1 aromatic carbocycles. The van der Waals surface area contributed by atoms with E-state index in [-0.39, 0.29) is 0 Å². The van der Waals surface area contributed by atoms with Crippen LogP contribution in [-0.2, 0) is 0 Å². The molecule has 2 aliphatic heterocycles. The van der Waals surface area contributed by atoms with Gasteiger partial charge in [-0.25, -0.2) is 5.01 Å². The lowest BCUT2D eigenvalue weighted by molar-refractivity contribution is 0.590. The van der Waals surface area contributed by atoms with Gasteiger partial charge < -0.3 is 4.90 Å². The van der Waals surface area contributed by atoms with Gasteiger partial charge in [-0.05, 0) is 18.2 Å². The van der Waals surface area contributed by atoms with Crippen LogP contribution in [0.15, 0.2) is 53.8 Å². The van der Waals surface area contributed by atoms with E-state index in [1.54, 1.807) is 11.3 Å². The fourth-order valence-electron chi connectivity index (χ4n) is 2.20. The Bertz CT molecular complexity index is 696. The Morgan fingerprint density at radius 1 is 1.22 bits per heavy atom. The lowest BCUT2D eigenvalue weighted by Gasteiger charge is -2.17. The van der Waals surface area contributed by atoms with Crippen molar-refractivity contribution in [3.8, 4) is 0 Å². The van der Waals surface area contributed by atoms with Gasteiger partial charge in [0.15, 0.2) is 5.84 Å². The number of fused-ring (bicyclic) bond motifs is 2. The highest BCUT2D eigenvalue weighted by atomic mass is 32.1. The van der Waals surface area contributed by atoms with Crippen LogP contribution < -0.4 is 5.01 Å². The van der Waals surface area contributed by atoms with Gasteiger partial charge in [-0.1, -0.05) is 24.3 Å². The fourth-order valence-corrected chi connectivity index (χ4v) is 3.04. The van der Waals surface area contributed by atoms with E-state index >= 15 is 0 Å². The van der Waals surface area contributed by atoms with Gasteiger partial charge in [-0.3, -0.25) is 0 Å². The summed E-state index contributed by atoms with van der Waals surface area (Å²) in [5.74, 6) is 0.987. The molecule has 1 radical (unpaired) electrons. The predicted molar refractivity (Wildman–Crippen MR) is 75.6 cm³/mol. The number of allylic oxidation sites excluding steroid dienone is 2. The van der Waals surface area contributed by atoms with Crippen molar-refractivity contribution in [2.45, 2.75) is 0 Å². The highest BCUT2D eigenvalue weighted by Crippen LogP contribution is 2.34. The van der Waals surface area contributed by atoms with Crippen molar-refractivity contribution in [1.29, 1.82) is 0 Å². The summed E-state index contributed by atoms with van der Waals surface area (Å²) in [4.78, 5) is 2.13. The first-order valence-corrected chi connectivity index (χ1v) is 6.60. The molecule has 0 fully saturated rings. The summed E-state index contributed by atoms with van der Waals surface area (Å²) in [6.45, 7) is 0.757. The molecule has 3 heterocycles. The van der Waals surface area contributed by atoms with Crippen LogP contribution in [0, 0.1) is 5.38 Å². The summed E-state index contributed by atoms with van der Waals surface area (Å²) < 4.78 is 1.25. The van der Waals surface area contributed by atoms with Gasteiger partial charge in [-0.2, -0.15) is 5.10 Å². The average molecular weight is 252 g/mol. The molecular formula is C14H10N3S. The number of benzene rings is 1.